The normalized spacial score (nSPS) is 11.2. The van der Waals surface area contributed by atoms with Gasteiger partial charge in [0.2, 0.25) is 0 Å². The molecule has 1 heterocycles. The average Bonchev–Trinajstić information content (AvgIpc) is 2.94. The van der Waals surface area contributed by atoms with Crippen molar-refractivity contribution in [2.45, 2.75) is 26.2 Å². The summed E-state index contributed by atoms with van der Waals surface area (Å²) in [6.07, 6.45) is 2.94. The van der Waals surface area contributed by atoms with Crippen LogP contribution in [0.3, 0.4) is 0 Å². The van der Waals surface area contributed by atoms with E-state index in [1.165, 1.54) is 10.9 Å². The predicted molar refractivity (Wildman–Crippen MR) is 107 cm³/mol. The second kappa shape index (κ2) is 7.69. The fourth-order valence-corrected chi connectivity index (χ4v) is 3.74. The summed E-state index contributed by atoms with van der Waals surface area (Å²) in [7, 11) is 1.69. The average molecular weight is 377 g/mol. The largest absolute Gasteiger partial charge is 0.497 e. The molecule has 132 valence electrons. The Balaban J connectivity index is 2.22. The van der Waals surface area contributed by atoms with Crippen LogP contribution in [0.1, 0.15) is 24.0 Å². The van der Waals surface area contributed by atoms with Gasteiger partial charge < -0.3 is 15.5 Å². The van der Waals surface area contributed by atoms with Crippen molar-refractivity contribution in [1.29, 1.82) is 0 Å². The summed E-state index contributed by atoms with van der Waals surface area (Å²) in [5.41, 5.74) is 11.2. The highest BCUT2D eigenvalue weighted by molar-refractivity contribution is 6.36. The molecule has 25 heavy (non-hydrogen) atoms. The summed E-state index contributed by atoms with van der Waals surface area (Å²) in [4.78, 5) is 3.57. The number of halogens is 2. The molecule has 0 atom stereocenters. The summed E-state index contributed by atoms with van der Waals surface area (Å²) < 4.78 is 5.46. The number of hydrogen-bond acceptors (Lipinski definition) is 2. The lowest BCUT2D eigenvalue weighted by molar-refractivity contribution is 0.415. The number of nitrogens with one attached hydrogen (secondary N) is 1. The number of nitrogens with two attached hydrogens (primary N) is 1. The van der Waals surface area contributed by atoms with Gasteiger partial charge in [-0.1, -0.05) is 23.2 Å². The second-order valence-electron chi connectivity index (χ2n) is 6.22. The maximum atomic E-state index is 6.47. The number of aromatic nitrogens is 1. The number of hydrogen-bond donors (Lipinski definition) is 2. The van der Waals surface area contributed by atoms with Crippen molar-refractivity contribution in [3.05, 3.63) is 51.5 Å². The van der Waals surface area contributed by atoms with Crippen LogP contribution in [0.2, 0.25) is 10.0 Å². The first-order valence-corrected chi connectivity index (χ1v) is 9.15. The Labute approximate surface area is 158 Å². The molecule has 3 rings (SSSR count). The van der Waals surface area contributed by atoms with Crippen molar-refractivity contribution in [1.82, 2.24) is 4.98 Å². The molecule has 3 aromatic rings. The first kappa shape index (κ1) is 18.1. The maximum Gasteiger partial charge on any atom is 0.119 e. The van der Waals surface area contributed by atoms with Gasteiger partial charge in [-0.3, -0.25) is 0 Å². The third-order valence-corrected chi connectivity index (χ3v) is 5.05. The van der Waals surface area contributed by atoms with E-state index >= 15 is 0 Å². The number of H-pyrrole nitrogens is 1. The molecule has 3 N–H and O–H groups in total. The van der Waals surface area contributed by atoms with Crippen LogP contribution in [0.5, 0.6) is 5.75 Å². The smallest absolute Gasteiger partial charge is 0.119 e. The number of rotatable bonds is 6. The summed E-state index contributed by atoms with van der Waals surface area (Å²) >= 11 is 12.5. The van der Waals surface area contributed by atoms with E-state index in [4.69, 9.17) is 33.7 Å². The van der Waals surface area contributed by atoms with Crippen LogP contribution < -0.4 is 10.5 Å². The van der Waals surface area contributed by atoms with Crippen LogP contribution in [0.4, 0.5) is 0 Å². The lowest BCUT2D eigenvalue weighted by Gasteiger charge is -2.08. The molecular formula is C20H22Cl2N2O. The molecule has 0 fully saturated rings. The Morgan fingerprint density at radius 1 is 1.12 bits per heavy atom. The van der Waals surface area contributed by atoms with Gasteiger partial charge in [-0.2, -0.15) is 0 Å². The first-order chi connectivity index (χ1) is 12.0. The van der Waals surface area contributed by atoms with Gasteiger partial charge in [-0.05, 0) is 74.2 Å². The van der Waals surface area contributed by atoms with E-state index in [0.29, 0.717) is 16.6 Å². The lowest BCUT2D eigenvalue weighted by Crippen LogP contribution is -1.99. The summed E-state index contributed by atoms with van der Waals surface area (Å²) in [5, 5.41) is 2.45. The van der Waals surface area contributed by atoms with Crippen molar-refractivity contribution in [3.8, 4) is 17.0 Å². The van der Waals surface area contributed by atoms with Crippen LogP contribution in [-0.2, 0) is 6.42 Å². The Morgan fingerprint density at radius 3 is 2.60 bits per heavy atom. The minimum Gasteiger partial charge on any atom is -0.497 e. The maximum absolute atomic E-state index is 6.47. The molecule has 2 aromatic carbocycles. The van der Waals surface area contributed by atoms with Gasteiger partial charge in [-0.25, -0.2) is 0 Å². The van der Waals surface area contributed by atoms with Crippen LogP contribution in [0.25, 0.3) is 22.2 Å². The second-order valence-corrected chi connectivity index (χ2v) is 7.06. The molecule has 0 aliphatic carbocycles. The number of ether oxygens (including phenoxy) is 1. The minimum absolute atomic E-state index is 0.632. The minimum atomic E-state index is 0.632. The molecule has 5 heteroatoms. The van der Waals surface area contributed by atoms with Crippen molar-refractivity contribution >= 4 is 34.1 Å². The Kier molecular flexibility index (Phi) is 5.57. The molecule has 0 bridgehead atoms. The third-order valence-electron chi connectivity index (χ3n) is 4.50. The van der Waals surface area contributed by atoms with E-state index in [-0.39, 0.29) is 0 Å². The fourth-order valence-electron chi connectivity index (χ4n) is 3.24. The fraction of sp³-hybridized carbons (Fsp3) is 0.300. The number of methoxy groups -OCH3 is 1. The van der Waals surface area contributed by atoms with Crippen molar-refractivity contribution in [3.63, 3.8) is 0 Å². The highest BCUT2D eigenvalue weighted by atomic mass is 35.5. The van der Waals surface area contributed by atoms with E-state index < -0.39 is 0 Å². The van der Waals surface area contributed by atoms with Gasteiger partial charge in [0.25, 0.3) is 0 Å². The Morgan fingerprint density at radius 2 is 1.92 bits per heavy atom. The first-order valence-electron chi connectivity index (χ1n) is 8.39. The van der Waals surface area contributed by atoms with Crippen molar-refractivity contribution < 1.29 is 4.74 Å². The van der Waals surface area contributed by atoms with Crippen LogP contribution in [0, 0.1) is 6.92 Å². The number of fused-ring (bicyclic) bond motifs is 1. The van der Waals surface area contributed by atoms with Gasteiger partial charge in [0.05, 0.1) is 17.8 Å². The highest BCUT2D eigenvalue weighted by Gasteiger charge is 2.17. The third kappa shape index (κ3) is 3.64. The Bertz CT molecular complexity index is 902. The summed E-state index contributed by atoms with van der Waals surface area (Å²) in [5.74, 6) is 0.859. The molecule has 0 aliphatic rings. The lowest BCUT2D eigenvalue weighted by atomic mass is 9.99. The summed E-state index contributed by atoms with van der Waals surface area (Å²) in [6.45, 7) is 2.78. The molecule has 1 aromatic heterocycles. The molecule has 0 radical (unpaired) electrons. The van der Waals surface area contributed by atoms with Crippen molar-refractivity contribution in [2.75, 3.05) is 13.7 Å². The molecule has 0 saturated heterocycles. The number of unbranched alkanes of at least 4 members (excludes halogenated alkanes) is 1. The zero-order valence-electron chi connectivity index (χ0n) is 14.5. The molecule has 0 aliphatic heterocycles. The predicted octanol–water partition coefficient (Wildman–Crippen LogP) is 5.74. The van der Waals surface area contributed by atoms with Gasteiger partial charge in [0, 0.05) is 21.5 Å². The van der Waals surface area contributed by atoms with Crippen molar-refractivity contribution in [2.24, 2.45) is 5.73 Å². The van der Waals surface area contributed by atoms with Crippen LogP contribution >= 0.6 is 23.2 Å². The van der Waals surface area contributed by atoms with Gasteiger partial charge in [0.15, 0.2) is 0 Å². The summed E-state index contributed by atoms with van der Waals surface area (Å²) in [6, 6.07) is 9.74. The van der Waals surface area contributed by atoms with E-state index in [1.807, 2.05) is 18.2 Å². The quantitative estimate of drug-likeness (QED) is 0.538. The van der Waals surface area contributed by atoms with Crippen LogP contribution in [0.15, 0.2) is 30.3 Å². The van der Waals surface area contributed by atoms with E-state index in [2.05, 4.69) is 18.0 Å². The Hall–Kier alpha value is -1.68. The highest BCUT2D eigenvalue weighted by Crippen LogP contribution is 2.38. The molecule has 0 spiro atoms. The SMILES string of the molecule is COc1cc(C)c2[nH]c(-c3ccc(Cl)cc3Cl)c(CCCCN)c2c1. The molecule has 3 nitrogen and oxygen atoms in total. The van der Waals surface area contributed by atoms with E-state index in [9.17, 15) is 0 Å². The topological polar surface area (TPSA) is 51.0 Å². The molecular weight excluding hydrogens is 355 g/mol. The van der Waals surface area contributed by atoms with Gasteiger partial charge in [-0.15, -0.1) is 0 Å². The molecule has 0 amide bonds. The van der Waals surface area contributed by atoms with Crippen LogP contribution in [-0.4, -0.2) is 18.6 Å². The van der Waals surface area contributed by atoms with E-state index in [0.717, 1.165) is 47.3 Å². The zero-order chi connectivity index (χ0) is 18.0. The monoisotopic (exact) mass is 376 g/mol. The van der Waals surface area contributed by atoms with E-state index in [1.54, 1.807) is 13.2 Å². The van der Waals surface area contributed by atoms with Gasteiger partial charge >= 0.3 is 0 Å². The number of benzene rings is 2. The molecule has 0 unspecified atom stereocenters. The molecule has 0 saturated carbocycles. The van der Waals surface area contributed by atoms with Gasteiger partial charge in [0.1, 0.15) is 5.75 Å². The zero-order valence-corrected chi connectivity index (χ0v) is 16.0. The standard InChI is InChI=1S/C20H22Cl2N2O/c1-12-9-14(25-2)11-17-15(5-3-4-8-23)20(24-19(12)17)16-7-6-13(21)10-18(16)22/h6-7,9-11,24H,3-5,8,23H2,1-2H3. The number of aromatic amines is 1. The number of aryl methyl sites for hydroxylation is 2.